The summed E-state index contributed by atoms with van der Waals surface area (Å²) in [6, 6.07) is 3.99. The molecule has 0 aromatic heterocycles. The van der Waals surface area contributed by atoms with Crippen LogP contribution in [0.5, 0.6) is 0 Å². The Morgan fingerprint density at radius 3 is 2.26 bits per heavy atom. The van der Waals surface area contributed by atoms with Gasteiger partial charge in [-0.25, -0.2) is 4.79 Å². The highest BCUT2D eigenvalue weighted by atomic mass is 19.4. The highest BCUT2D eigenvalue weighted by molar-refractivity contribution is 5.90. The van der Waals surface area contributed by atoms with E-state index >= 15 is 0 Å². The molecule has 1 atom stereocenters. The van der Waals surface area contributed by atoms with Gasteiger partial charge in [0.05, 0.1) is 6.61 Å². The van der Waals surface area contributed by atoms with Gasteiger partial charge < -0.3 is 25.2 Å². The maximum atomic E-state index is 14.5. The predicted molar refractivity (Wildman–Crippen MR) is 120 cm³/mol. The molecule has 2 aliphatic heterocycles. The molecule has 34 heavy (non-hydrogen) atoms. The number of nitrogens with two attached hydrogens (primary N) is 1. The molecular weight excluding hydrogens is 449 g/mol. The molecular formula is C24H31F3N4O3. The summed E-state index contributed by atoms with van der Waals surface area (Å²) in [5, 5.41) is 0. The zero-order chi connectivity index (χ0) is 24.8. The average Bonchev–Trinajstić information content (AvgIpc) is 3.48. The third kappa shape index (κ3) is 4.67. The van der Waals surface area contributed by atoms with Crippen LogP contribution in [0.4, 0.5) is 18.9 Å². The number of carbonyl (C=O) groups excluding carboxylic acids is 2. The summed E-state index contributed by atoms with van der Waals surface area (Å²) in [4.78, 5) is 29.1. The van der Waals surface area contributed by atoms with Gasteiger partial charge in [-0.05, 0) is 57.1 Å². The minimum Gasteiger partial charge on any atom is -0.461 e. The first kappa shape index (κ1) is 24.2. The third-order valence-electron chi connectivity index (χ3n) is 6.56. The van der Waals surface area contributed by atoms with Crippen molar-refractivity contribution >= 4 is 17.6 Å². The third-order valence-corrected chi connectivity index (χ3v) is 6.56. The summed E-state index contributed by atoms with van der Waals surface area (Å²) in [6.45, 7) is 6.47. The lowest BCUT2D eigenvalue weighted by Gasteiger charge is -2.47. The number of benzene rings is 1. The van der Waals surface area contributed by atoms with E-state index in [1.807, 2.05) is 37.8 Å². The van der Waals surface area contributed by atoms with Crippen LogP contribution in [0.25, 0.3) is 0 Å². The van der Waals surface area contributed by atoms with Crippen LogP contribution < -0.4 is 10.6 Å². The van der Waals surface area contributed by atoms with Gasteiger partial charge in [0.25, 0.3) is 0 Å². The molecule has 3 aliphatic rings. The number of allylic oxidation sites excluding steroid dienone is 1. The van der Waals surface area contributed by atoms with Crippen molar-refractivity contribution < 1.29 is 27.5 Å². The van der Waals surface area contributed by atoms with Crippen molar-refractivity contribution in [2.75, 3.05) is 31.1 Å². The quantitative estimate of drug-likeness (QED) is 0.604. The van der Waals surface area contributed by atoms with Crippen molar-refractivity contribution in [2.45, 2.75) is 58.9 Å². The predicted octanol–water partition coefficient (Wildman–Crippen LogP) is 3.33. The van der Waals surface area contributed by atoms with Gasteiger partial charge in [-0.2, -0.15) is 13.2 Å². The van der Waals surface area contributed by atoms with Crippen LogP contribution in [0, 0.1) is 26.7 Å². The Kier molecular flexibility index (Phi) is 6.44. The van der Waals surface area contributed by atoms with Crippen LogP contribution in [-0.4, -0.2) is 60.4 Å². The van der Waals surface area contributed by atoms with E-state index in [0.717, 1.165) is 40.1 Å². The number of anilines is 1. The van der Waals surface area contributed by atoms with E-state index in [1.54, 1.807) is 0 Å². The molecule has 2 N–H and O–H groups in total. The topological polar surface area (TPSA) is 79.1 Å². The van der Waals surface area contributed by atoms with E-state index in [9.17, 15) is 22.8 Å². The van der Waals surface area contributed by atoms with Crippen molar-refractivity contribution in [3.63, 3.8) is 0 Å². The number of amides is 1. The van der Waals surface area contributed by atoms with Crippen LogP contribution in [0.1, 0.15) is 42.4 Å². The maximum Gasteiger partial charge on any atom is 0.433 e. The second kappa shape index (κ2) is 9.03. The number of nitrogens with zero attached hydrogens (tertiary/aromatic N) is 3. The lowest BCUT2D eigenvalue weighted by atomic mass is 10.0. The number of alkyl halides is 3. The van der Waals surface area contributed by atoms with Crippen molar-refractivity contribution in [2.24, 2.45) is 11.7 Å². The second-order valence-corrected chi connectivity index (χ2v) is 9.48. The molecule has 10 heteroatoms. The fraction of sp³-hybridized carbons (Fsp3) is 0.583. The monoisotopic (exact) mass is 480 g/mol. The van der Waals surface area contributed by atoms with Crippen molar-refractivity contribution in [3.05, 3.63) is 40.2 Å². The van der Waals surface area contributed by atoms with Gasteiger partial charge in [0, 0.05) is 31.7 Å². The molecule has 2 fully saturated rings. The number of ether oxygens (including phenoxy) is 1. The molecule has 186 valence electrons. The van der Waals surface area contributed by atoms with Crippen molar-refractivity contribution in [1.29, 1.82) is 0 Å². The number of esters is 1. The molecule has 1 aromatic rings. The molecule has 0 radical (unpaired) electrons. The van der Waals surface area contributed by atoms with Gasteiger partial charge in [-0.3, -0.25) is 4.79 Å². The number of rotatable bonds is 7. The molecule has 0 spiro atoms. The number of carbonyl (C=O) groups is 2. The first-order valence-electron chi connectivity index (χ1n) is 11.6. The highest BCUT2D eigenvalue weighted by Crippen LogP contribution is 2.45. The fourth-order valence-electron chi connectivity index (χ4n) is 5.13. The molecule has 1 aromatic carbocycles. The minimum atomic E-state index is -4.81. The van der Waals surface area contributed by atoms with Crippen LogP contribution in [0.2, 0.25) is 0 Å². The maximum absolute atomic E-state index is 14.5. The Morgan fingerprint density at radius 1 is 1.09 bits per heavy atom. The Balaban J connectivity index is 1.80. The molecule has 1 unspecified atom stereocenters. The summed E-state index contributed by atoms with van der Waals surface area (Å²) in [6.07, 6.45) is -3.60. The summed E-state index contributed by atoms with van der Waals surface area (Å²) in [5.74, 6) is -1.45. The van der Waals surface area contributed by atoms with Crippen LogP contribution in [0.3, 0.4) is 0 Å². The Morgan fingerprint density at radius 2 is 1.71 bits per heavy atom. The van der Waals surface area contributed by atoms with Crippen molar-refractivity contribution in [1.82, 2.24) is 9.80 Å². The zero-order valence-corrected chi connectivity index (χ0v) is 19.7. The van der Waals surface area contributed by atoms with E-state index in [-0.39, 0.29) is 32.0 Å². The second-order valence-electron chi connectivity index (χ2n) is 9.48. The van der Waals surface area contributed by atoms with Gasteiger partial charge >= 0.3 is 12.1 Å². The summed E-state index contributed by atoms with van der Waals surface area (Å²) < 4.78 is 48.7. The van der Waals surface area contributed by atoms with E-state index in [4.69, 9.17) is 10.5 Å². The number of primary amides is 1. The average molecular weight is 481 g/mol. The molecule has 1 amide bonds. The summed E-state index contributed by atoms with van der Waals surface area (Å²) >= 11 is 0. The van der Waals surface area contributed by atoms with Crippen LogP contribution >= 0.6 is 0 Å². The summed E-state index contributed by atoms with van der Waals surface area (Å²) in [5.41, 5.74) is 7.53. The van der Waals surface area contributed by atoms with Gasteiger partial charge in [-0.1, -0.05) is 17.7 Å². The number of hydrogen-bond acceptors (Lipinski definition) is 6. The smallest absolute Gasteiger partial charge is 0.433 e. The van der Waals surface area contributed by atoms with Gasteiger partial charge in [0.1, 0.15) is 0 Å². The lowest BCUT2D eigenvalue weighted by molar-refractivity contribution is -0.142. The molecule has 0 bridgehead atoms. The number of fused-ring (bicyclic) bond motifs is 1. The molecule has 1 saturated heterocycles. The number of aryl methyl sites for hydroxylation is 3. The Labute approximate surface area is 197 Å². The molecule has 7 nitrogen and oxygen atoms in total. The van der Waals surface area contributed by atoms with E-state index < -0.39 is 35.7 Å². The Bertz CT molecular complexity index is 996. The van der Waals surface area contributed by atoms with E-state index in [2.05, 4.69) is 0 Å². The lowest BCUT2D eigenvalue weighted by Crippen LogP contribution is -2.59. The minimum absolute atomic E-state index is 0.118. The number of hydrogen-bond donors (Lipinski definition) is 1. The van der Waals surface area contributed by atoms with Gasteiger partial charge in [-0.15, -0.1) is 0 Å². The first-order valence-corrected chi connectivity index (χ1v) is 11.6. The van der Waals surface area contributed by atoms with Gasteiger partial charge in [0.15, 0.2) is 17.7 Å². The SMILES string of the molecule is Cc1cc(C)c(N2CCCN3C(C(=O)OCC4CC4)=C(C(F)(F)F)N(CCC(N)=O)C32)c(C)c1. The van der Waals surface area contributed by atoms with E-state index in [0.29, 0.717) is 13.0 Å². The zero-order valence-electron chi connectivity index (χ0n) is 19.7. The molecule has 4 rings (SSSR count). The summed E-state index contributed by atoms with van der Waals surface area (Å²) in [7, 11) is 0. The number of halogens is 3. The molecule has 1 aliphatic carbocycles. The normalized spacial score (nSPS) is 20.6. The molecule has 2 heterocycles. The van der Waals surface area contributed by atoms with Crippen LogP contribution in [-0.2, 0) is 14.3 Å². The highest BCUT2D eigenvalue weighted by Gasteiger charge is 2.55. The fourth-order valence-corrected chi connectivity index (χ4v) is 5.13. The molecule has 1 saturated carbocycles. The van der Waals surface area contributed by atoms with E-state index in [1.165, 1.54) is 4.90 Å². The van der Waals surface area contributed by atoms with Crippen LogP contribution in [0.15, 0.2) is 23.5 Å². The van der Waals surface area contributed by atoms with Crippen molar-refractivity contribution in [3.8, 4) is 0 Å². The first-order chi connectivity index (χ1) is 16.0. The van der Waals surface area contributed by atoms with Gasteiger partial charge in [0.2, 0.25) is 5.91 Å². The standard InChI is InChI=1S/C24H31F3N4O3/c1-14-11-15(2)19(16(3)12-14)29-8-4-9-30-20(22(33)34-13-17-5-6-17)21(24(25,26)27)31(23(29)30)10-7-18(28)32/h11-12,17,23H,4-10,13H2,1-3H3,(H2,28,32). The largest absolute Gasteiger partial charge is 0.461 e. The Hall–Kier alpha value is -2.91.